The number of furan rings is 1. The molecule has 0 saturated heterocycles. The summed E-state index contributed by atoms with van der Waals surface area (Å²) in [6.07, 6.45) is 1.64. The predicted octanol–water partition coefficient (Wildman–Crippen LogP) is 13.1. The quantitative estimate of drug-likeness (QED) is 0.164. The summed E-state index contributed by atoms with van der Waals surface area (Å²) in [5.41, 5.74) is 12.7. The number of anilines is 3. The minimum absolute atomic E-state index is 0.809. The second kappa shape index (κ2) is 12.9. The number of hydrogen-bond donors (Lipinski definition) is 0. The van der Waals surface area contributed by atoms with Gasteiger partial charge in [-0.2, -0.15) is 0 Å². The Balaban J connectivity index is 1.34. The summed E-state index contributed by atoms with van der Waals surface area (Å²) in [6.45, 7) is 0. The van der Waals surface area contributed by atoms with E-state index in [1.807, 2.05) is 12.1 Å². The van der Waals surface area contributed by atoms with Crippen molar-refractivity contribution >= 4 is 49.8 Å². The lowest BCUT2D eigenvalue weighted by atomic mass is 9.85. The normalized spacial score (nSPS) is 11.4. The fraction of sp³-hybridized carbons (Fsp3) is 0.0417. The van der Waals surface area contributed by atoms with Gasteiger partial charge in [-0.25, -0.2) is 0 Å². The molecule has 8 aromatic carbocycles. The Morgan fingerprint density at radius 1 is 0.380 bits per heavy atom. The summed E-state index contributed by atoms with van der Waals surface area (Å²) in [6, 6.07) is 67.5. The highest BCUT2D eigenvalue weighted by Crippen LogP contribution is 2.47. The van der Waals surface area contributed by atoms with Crippen molar-refractivity contribution in [1.82, 2.24) is 0 Å². The van der Waals surface area contributed by atoms with Crippen LogP contribution < -0.4 is 4.90 Å². The third kappa shape index (κ3) is 5.51. The van der Waals surface area contributed by atoms with E-state index in [1.54, 1.807) is 0 Å². The van der Waals surface area contributed by atoms with Gasteiger partial charge in [-0.3, -0.25) is 0 Å². The molecule has 9 rings (SSSR count). The van der Waals surface area contributed by atoms with Gasteiger partial charge in [0.05, 0.1) is 5.69 Å². The van der Waals surface area contributed by atoms with Crippen molar-refractivity contribution in [3.05, 3.63) is 210 Å². The molecule has 1 heterocycles. The Labute approximate surface area is 292 Å². The van der Waals surface area contributed by atoms with Crippen LogP contribution in [-0.2, 0) is 12.8 Å². The molecule has 0 bridgehead atoms. The Hall–Kier alpha value is -6.38. The summed E-state index contributed by atoms with van der Waals surface area (Å²) in [5.74, 6) is 0. The Bertz CT molecular complexity index is 2590. The first kappa shape index (κ1) is 29.7. The number of fused-ring (bicyclic) bond motifs is 4. The molecule has 2 nitrogen and oxygen atoms in total. The summed E-state index contributed by atoms with van der Waals surface area (Å²) >= 11 is 0. The van der Waals surface area contributed by atoms with E-state index in [2.05, 4.69) is 181 Å². The second-order valence-corrected chi connectivity index (χ2v) is 12.9. The lowest BCUT2D eigenvalue weighted by Gasteiger charge is -2.30. The first-order valence-electron chi connectivity index (χ1n) is 17.3. The van der Waals surface area contributed by atoms with E-state index in [0.717, 1.165) is 51.8 Å². The zero-order chi connectivity index (χ0) is 33.3. The summed E-state index contributed by atoms with van der Waals surface area (Å²) in [4.78, 5) is 2.41. The van der Waals surface area contributed by atoms with E-state index in [0.29, 0.717) is 0 Å². The largest absolute Gasteiger partial charge is 0.456 e. The topological polar surface area (TPSA) is 16.4 Å². The Kier molecular flexibility index (Phi) is 7.68. The van der Waals surface area contributed by atoms with Crippen LogP contribution in [0.3, 0.4) is 0 Å². The van der Waals surface area contributed by atoms with E-state index in [1.165, 1.54) is 44.2 Å². The van der Waals surface area contributed by atoms with Crippen LogP contribution in [0.4, 0.5) is 17.1 Å². The first-order chi connectivity index (χ1) is 24.8. The van der Waals surface area contributed by atoms with Gasteiger partial charge in [-0.1, -0.05) is 146 Å². The van der Waals surface area contributed by atoms with Crippen LogP contribution in [0.2, 0.25) is 0 Å². The summed E-state index contributed by atoms with van der Waals surface area (Å²) in [5, 5.41) is 4.74. The maximum Gasteiger partial charge on any atom is 0.137 e. The van der Waals surface area contributed by atoms with Gasteiger partial charge in [0, 0.05) is 33.8 Å². The highest BCUT2D eigenvalue weighted by molar-refractivity contribution is 6.07. The van der Waals surface area contributed by atoms with Crippen molar-refractivity contribution in [1.29, 1.82) is 0 Å². The van der Waals surface area contributed by atoms with Gasteiger partial charge in [-0.05, 0) is 87.8 Å². The molecule has 2 heteroatoms. The van der Waals surface area contributed by atoms with Gasteiger partial charge in [0.15, 0.2) is 0 Å². The van der Waals surface area contributed by atoms with E-state index in [4.69, 9.17) is 4.42 Å². The molecule has 0 aliphatic heterocycles. The van der Waals surface area contributed by atoms with Crippen LogP contribution in [0.15, 0.2) is 192 Å². The van der Waals surface area contributed by atoms with Crippen LogP contribution in [0.1, 0.15) is 22.3 Å². The van der Waals surface area contributed by atoms with Gasteiger partial charge < -0.3 is 9.32 Å². The maximum absolute atomic E-state index is 6.45. The van der Waals surface area contributed by atoms with Crippen LogP contribution >= 0.6 is 0 Å². The highest BCUT2D eigenvalue weighted by atomic mass is 16.3. The molecular formula is C48H35NO. The molecule has 0 spiro atoms. The molecule has 0 aliphatic rings. The number of rotatable bonds is 8. The SMILES string of the molecule is c1ccc(Cc2cccc(N(c3ccccc3)c3ccc4c(c3)oc3ccccc34)c2-c2c(Cc3ccccc3)ccc3ccccc23)cc1. The zero-order valence-corrected chi connectivity index (χ0v) is 27.7. The van der Waals surface area contributed by atoms with Crippen LogP contribution in [0.5, 0.6) is 0 Å². The number of nitrogens with zero attached hydrogens (tertiary/aromatic N) is 1. The molecule has 0 fully saturated rings. The third-order valence-corrected chi connectivity index (χ3v) is 9.74. The van der Waals surface area contributed by atoms with E-state index in [-0.39, 0.29) is 0 Å². The maximum atomic E-state index is 6.45. The first-order valence-corrected chi connectivity index (χ1v) is 17.3. The van der Waals surface area contributed by atoms with Crippen molar-refractivity contribution in [2.75, 3.05) is 4.90 Å². The molecule has 0 N–H and O–H groups in total. The number of hydrogen-bond acceptors (Lipinski definition) is 2. The van der Waals surface area contributed by atoms with Crippen molar-refractivity contribution < 1.29 is 4.42 Å². The fourth-order valence-electron chi connectivity index (χ4n) is 7.46. The smallest absolute Gasteiger partial charge is 0.137 e. The molecule has 0 amide bonds. The molecular weight excluding hydrogens is 607 g/mol. The number of benzene rings is 8. The Morgan fingerprint density at radius 2 is 0.980 bits per heavy atom. The lowest BCUT2D eigenvalue weighted by Crippen LogP contribution is -2.13. The van der Waals surface area contributed by atoms with Gasteiger partial charge in [0.2, 0.25) is 0 Å². The lowest BCUT2D eigenvalue weighted by molar-refractivity contribution is 0.669. The van der Waals surface area contributed by atoms with Crippen molar-refractivity contribution in [2.45, 2.75) is 12.8 Å². The average Bonchev–Trinajstić information content (AvgIpc) is 3.55. The van der Waals surface area contributed by atoms with Gasteiger partial charge in [0.25, 0.3) is 0 Å². The van der Waals surface area contributed by atoms with Gasteiger partial charge in [-0.15, -0.1) is 0 Å². The van der Waals surface area contributed by atoms with Gasteiger partial charge in [0.1, 0.15) is 11.2 Å². The molecule has 0 radical (unpaired) electrons. The molecule has 0 unspecified atom stereocenters. The van der Waals surface area contributed by atoms with Crippen molar-refractivity contribution in [3.63, 3.8) is 0 Å². The van der Waals surface area contributed by atoms with Crippen LogP contribution in [-0.4, -0.2) is 0 Å². The molecule has 0 atom stereocenters. The van der Waals surface area contributed by atoms with Crippen molar-refractivity contribution in [2.24, 2.45) is 0 Å². The summed E-state index contributed by atoms with van der Waals surface area (Å²) in [7, 11) is 0. The average molecular weight is 642 g/mol. The van der Waals surface area contributed by atoms with Crippen LogP contribution in [0.25, 0.3) is 43.8 Å². The molecule has 238 valence electrons. The minimum Gasteiger partial charge on any atom is -0.456 e. The Morgan fingerprint density at radius 3 is 1.72 bits per heavy atom. The van der Waals surface area contributed by atoms with E-state index < -0.39 is 0 Å². The standard InChI is InChI=1S/C48H35NO/c1-4-15-34(16-5-1)31-37-20-14-25-44(48(37)47-38(32-35-17-6-2-7-18-35)28-27-36-19-10-11-23-41(36)47)49(39-21-8-3-9-22-39)40-29-30-43-42-24-12-13-26-45(42)50-46(43)33-40/h1-30,33H,31-32H2. The number of para-hydroxylation sites is 2. The van der Waals surface area contributed by atoms with Crippen molar-refractivity contribution in [3.8, 4) is 11.1 Å². The molecule has 9 aromatic rings. The minimum atomic E-state index is 0.809. The highest BCUT2D eigenvalue weighted by Gasteiger charge is 2.24. The monoisotopic (exact) mass is 641 g/mol. The predicted molar refractivity (Wildman–Crippen MR) is 210 cm³/mol. The fourth-order valence-corrected chi connectivity index (χ4v) is 7.46. The van der Waals surface area contributed by atoms with Crippen LogP contribution in [0, 0.1) is 0 Å². The molecule has 0 saturated carbocycles. The van der Waals surface area contributed by atoms with Gasteiger partial charge >= 0.3 is 0 Å². The molecule has 50 heavy (non-hydrogen) atoms. The van der Waals surface area contributed by atoms with E-state index >= 15 is 0 Å². The zero-order valence-electron chi connectivity index (χ0n) is 27.7. The molecule has 0 aliphatic carbocycles. The molecule has 1 aromatic heterocycles. The summed E-state index contributed by atoms with van der Waals surface area (Å²) < 4.78 is 6.45. The van der Waals surface area contributed by atoms with E-state index in [9.17, 15) is 0 Å². The third-order valence-electron chi connectivity index (χ3n) is 9.74. The second-order valence-electron chi connectivity index (χ2n) is 12.9.